The van der Waals surface area contributed by atoms with Crippen LogP contribution in [0.1, 0.15) is 38.2 Å². The molecule has 0 aliphatic carbocycles. The fourth-order valence-electron chi connectivity index (χ4n) is 2.55. The molecule has 0 aliphatic rings. The molecule has 27 heavy (non-hydrogen) atoms. The van der Waals surface area contributed by atoms with Crippen molar-refractivity contribution in [2.45, 2.75) is 37.5 Å². The minimum absolute atomic E-state index is 0.000149. The summed E-state index contributed by atoms with van der Waals surface area (Å²) in [6.07, 6.45) is 0.0549. The SMILES string of the molecule is CC(C)c1ccc(N(CCCC(=O)O)S(=O)(=O)c2ccc(Cl)c(Cl)c2)cc1. The van der Waals surface area contributed by atoms with Crippen molar-refractivity contribution < 1.29 is 18.3 Å². The standard InChI is InChI=1S/C19H21Cl2NO4S/c1-13(2)14-5-7-15(8-6-14)22(11-3-4-19(23)24)27(25,26)16-9-10-17(20)18(21)12-16/h5-10,12-13H,3-4,11H2,1-2H3,(H,23,24). The van der Waals surface area contributed by atoms with E-state index >= 15 is 0 Å². The summed E-state index contributed by atoms with van der Waals surface area (Å²) in [5, 5.41) is 9.28. The Bertz CT molecular complexity index is 912. The van der Waals surface area contributed by atoms with Gasteiger partial charge in [-0.3, -0.25) is 9.10 Å². The summed E-state index contributed by atoms with van der Waals surface area (Å²) in [5.41, 5.74) is 1.55. The molecular weight excluding hydrogens is 409 g/mol. The Hall–Kier alpha value is -1.76. The van der Waals surface area contributed by atoms with Gasteiger partial charge in [-0.2, -0.15) is 0 Å². The van der Waals surface area contributed by atoms with Gasteiger partial charge >= 0.3 is 5.97 Å². The van der Waals surface area contributed by atoms with E-state index in [2.05, 4.69) is 0 Å². The molecule has 0 bridgehead atoms. The summed E-state index contributed by atoms with van der Waals surface area (Å²) in [7, 11) is -3.93. The van der Waals surface area contributed by atoms with Gasteiger partial charge in [0.15, 0.2) is 0 Å². The summed E-state index contributed by atoms with van der Waals surface area (Å²) >= 11 is 11.9. The number of hydrogen-bond donors (Lipinski definition) is 1. The minimum Gasteiger partial charge on any atom is -0.481 e. The third-order valence-electron chi connectivity index (χ3n) is 4.08. The molecule has 2 aromatic carbocycles. The highest BCUT2D eigenvalue weighted by Crippen LogP contribution is 2.30. The number of halogens is 2. The van der Waals surface area contributed by atoms with Gasteiger partial charge in [0, 0.05) is 13.0 Å². The van der Waals surface area contributed by atoms with Crippen molar-refractivity contribution in [1.29, 1.82) is 0 Å². The van der Waals surface area contributed by atoms with Crippen molar-refractivity contribution in [3.63, 3.8) is 0 Å². The van der Waals surface area contributed by atoms with Crippen LogP contribution in [0.2, 0.25) is 10.0 Å². The van der Waals surface area contributed by atoms with Gasteiger partial charge in [0.05, 0.1) is 20.6 Å². The first-order valence-corrected chi connectivity index (χ1v) is 10.6. The molecule has 0 saturated heterocycles. The van der Waals surface area contributed by atoms with Crippen LogP contribution in [0.15, 0.2) is 47.4 Å². The van der Waals surface area contributed by atoms with E-state index in [1.54, 1.807) is 12.1 Å². The van der Waals surface area contributed by atoms with E-state index < -0.39 is 16.0 Å². The number of anilines is 1. The van der Waals surface area contributed by atoms with Gasteiger partial charge in [0.25, 0.3) is 10.0 Å². The lowest BCUT2D eigenvalue weighted by molar-refractivity contribution is -0.137. The molecule has 146 valence electrons. The van der Waals surface area contributed by atoms with Crippen molar-refractivity contribution in [3.8, 4) is 0 Å². The molecule has 5 nitrogen and oxygen atoms in total. The maximum Gasteiger partial charge on any atom is 0.303 e. The summed E-state index contributed by atoms with van der Waals surface area (Å²) in [5.74, 6) is -0.664. The summed E-state index contributed by atoms with van der Waals surface area (Å²) < 4.78 is 27.5. The average Bonchev–Trinajstić information content (AvgIpc) is 2.60. The average molecular weight is 430 g/mol. The van der Waals surface area contributed by atoms with Crippen LogP contribution in [0.4, 0.5) is 5.69 Å². The summed E-state index contributed by atoms with van der Waals surface area (Å²) in [4.78, 5) is 10.8. The topological polar surface area (TPSA) is 74.7 Å². The number of carboxylic acids is 1. The van der Waals surface area contributed by atoms with Crippen molar-refractivity contribution >= 4 is 44.9 Å². The van der Waals surface area contributed by atoms with Crippen molar-refractivity contribution in [2.75, 3.05) is 10.8 Å². The predicted octanol–water partition coefficient (Wildman–Crippen LogP) is 5.18. The fraction of sp³-hybridized carbons (Fsp3) is 0.316. The Balaban J connectivity index is 2.43. The normalized spacial score (nSPS) is 11.6. The third-order valence-corrected chi connectivity index (χ3v) is 6.64. The zero-order chi connectivity index (χ0) is 20.2. The zero-order valence-electron chi connectivity index (χ0n) is 15.0. The molecule has 1 N–H and O–H groups in total. The smallest absolute Gasteiger partial charge is 0.303 e. The van der Waals surface area contributed by atoms with E-state index in [1.807, 2.05) is 26.0 Å². The van der Waals surface area contributed by atoms with Crippen LogP contribution >= 0.6 is 23.2 Å². The van der Waals surface area contributed by atoms with Crippen molar-refractivity contribution in [3.05, 3.63) is 58.1 Å². The van der Waals surface area contributed by atoms with Crippen LogP contribution in [0.25, 0.3) is 0 Å². The van der Waals surface area contributed by atoms with E-state index in [0.717, 1.165) is 5.56 Å². The molecule has 0 amide bonds. The Morgan fingerprint density at radius 2 is 1.70 bits per heavy atom. The zero-order valence-corrected chi connectivity index (χ0v) is 17.4. The number of nitrogens with zero attached hydrogens (tertiary/aromatic N) is 1. The number of carbonyl (C=O) groups is 1. The highest BCUT2D eigenvalue weighted by molar-refractivity contribution is 7.92. The second kappa shape index (κ2) is 8.95. The van der Waals surface area contributed by atoms with Gasteiger partial charge in [-0.05, 0) is 48.2 Å². The molecule has 8 heteroatoms. The Morgan fingerprint density at radius 3 is 2.22 bits per heavy atom. The van der Waals surface area contributed by atoms with E-state index in [-0.39, 0.29) is 34.3 Å². The number of benzene rings is 2. The molecule has 0 heterocycles. The maximum atomic E-state index is 13.2. The van der Waals surface area contributed by atoms with Crippen LogP contribution in [0.5, 0.6) is 0 Å². The maximum absolute atomic E-state index is 13.2. The first kappa shape index (κ1) is 21.5. The summed E-state index contributed by atoms with van der Waals surface area (Å²) in [6, 6.07) is 11.3. The Labute approximate surface area is 169 Å². The Morgan fingerprint density at radius 1 is 1.07 bits per heavy atom. The molecule has 0 unspecified atom stereocenters. The number of aliphatic carboxylic acids is 1. The van der Waals surface area contributed by atoms with Crippen LogP contribution in [-0.4, -0.2) is 26.0 Å². The molecule has 0 aliphatic heterocycles. The van der Waals surface area contributed by atoms with Crippen LogP contribution in [0, 0.1) is 0 Å². The van der Waals surface area contributed by atoms with Gasteiger partial charge in [0.2, 0.25) is 0 Å². The quantitative estimate of drug-likeness (QED) is 0.627. The Kier molecular flexibility index (Phi) is 7.14. The van der Waals surface area contributed by atoms with E-state index in [0.29, 0.717) is 11.6 Å². The van der Waals surface area contributed by atoms with Crippen LogP contribution < -0.4 is 4.31 Å². The molecule has 0 fully saturated rings. The lowest BCUT2D eigenvalue weighted by Gasteiger charge is -2.25. The second-order valence-electron chi connectivity index (χ2n) is 6.40. The van der Waals surface area contributed by atoms with Gasteiger partial charge in [-0.15, -0.1) is 0 Å². The first-order chi connectivity index (χ1) is 12.6. The van der Waals surface area contributed by atoms with E-state index in [1.165, 1.54) is 22.5 Å². The fourth-order valence-corrected chi connectivity index (χ4v) is 4.44. The van der Waals surface area contributed by atoms with E-state index in [4.69, 9.17) is 28.3 Å². The largest absolute Gasteiger partial charge is 0.481 e. The van der Waals surface area contributed by atoms with Crippen molar-refractivity contribution in [1.82, 2.24) is 0 Å². The van der Waals surface area contributed by atoms with Gasteiger partial charge in [-0.1, -0.05) is 49.2 Å². The molecule has 0 aromatic heterocycles. The molecule has 2 rings (SSSR count). The van der Waals surface area contributed by atoms with Gasteiger partial charge < -0.3 is 5.11 Å². The molecular formula is C19H21Cl2NO4S. The lowest BCUT2D eigenvalue weighted by atomic mass is 10.0. The van der Waals surface area contributed by atoms with Gasteiger partial charge in [-0.25, -0.2) is 8.42 Å². The third kappa shape index (κ3) is 5.37. The minimum atomic E-state index is -3.93. The van der Waals surface area contributed by atoms with Crippen LogP contribution in [0.3, 0.4) is 0 Å². The van der Waals surface area contributed by atoms with Gasteiger partial charge in [0.1, 0.15) is 0 Å². The summed E-state index contributed by atoms with van der Waals surface area (Å²) in [6.45, 7) is 4.13. The molecule has 0 spiro atoms. The number of sulfonamides is 1. The number of rotatable bonds is 8. The highest BCUT2D eigenvalue weighted by atomic mass is 35.5. The second-order valence-corrected chi connectivity index (χ2v) is 9.07. The predicted molar refractivity (Wildman–Crippen MR) is 108 cm³/mol. The molecule has 2 aromatic rings. The van der Waals surface area contributed by atoms with Crippen LogP contribution in [-0.2, 0) is 14.8 Å². The molecule has 0 radical (unpaired) electrons. The number of hydrogen-bond acceptors (Lipinski definition) is 3. The number of carboxylic acid groups (broad SMARTS) is 1. The molecule has 0 saturated carbocycles. The highest BCUT2D eigenvalue weighted by Gasteiger charge is 2.25. The first-order valence-electron chi connectivity index (χ1n) is 8.42. The lowest BCUT2D eigenvalue weighted by Crippen LogP contribution is -2.32. The van der Waals surface area contributed by atoms with E-state index in [9.17, 15) is 13.2 Å². The monoisotopic (exact) mass is 429 g/mol. The van der Waals surface area contributed by atoms with Crippen molar-refractivity contribution in [2.24, 2.45) is 0 Å². The molecule has 0 atom stereocenters.